The van der Waals surface area contributed by atoms with Gasteiger partial charge < -0.3 is 5.32 Å². The molecule has 0 aromatic heterocycles. The van der Waals surface area contributed by atoms with Crippen LogP contribution in [0.25, 0.3) is 0 Å². The van der Waals surface area contributed by atoms with Crippen molar-refractivity contribution < 1.29 is 0 Å². The SMILES string of the molecule is [C].c1ccc2c(c1)CCNC2. The number of hydrogen-bond acceptors (Lipinski definition) is 1. The van der Waals surface area contributed by atoms with Crippen LogP contribution < -0.4 is 5.32 Å². The maximum atomic E-state index is 3.34. The molecule has 0 atom stereocenters. The normalized spacial score (nSPS) is 14.9. The molecule has 1 nitrogen and oxygen atoms in total. The topological polar surface area (TPSA) is 12.0 Å². The van der Waals surface area contributed by atoms with E-state index < -0.39 is 0 Å². The second-order valence-electron chi connectivity index (χ2n) is 2.70. The molecule has 1 aromatic carbocycles. The highest BCUT2D eigenvalue weighted by atomic mass is 14.9. The fourth-order valence-corrected chi connectivity index (χ4v) is 1.42. The van der Waals surface area contributed by atoms with E-state index in [0.29, 0.717) is 0 Å². The van der Waals surface area contributed by atoms with Gasteiger partial charge in [-0.05, 0) is 24.1 Å². The van der Waals surface area contributed by atoms with Crippen molar-refractivity contribution in [3.8, 4) is 0 Å². The highest BCUT2D eigenvalue weighted by molar-refractivity contribution is 5.28. The van der Waals surface area contributed by atoms with Gasteiger partial charge in [0.25, 0.3) is 0 Å². The zero-order valence-electron chi connectivity index (χ0n) is 6.43. The van der Waals surface area contributed by atoms with Crippen molar-refractivity contribution in [1.82, 2.24) is 5.32 Å². The first-order valence-electron chi connectivity index (χ1n) is 3.74. The number of hydrogen-bond donors (Lipinski definition) is 1. The molecule has 1 heteroatoms. The Kier molecular flexibility index (Phi) is 2.66. The van der Waals surface area contributed by atoms with Crippen LogP contribution in [0, 0.1) is 7.43 Å². The molecule has 1 N–H and O–H groups in total. The molecule has 1 aliphatic rings. The van der Waals surface area contributed by atoms with Crippen molar-refractivity contribution in [3.63, 3.8) is 0 Å². The van der Waals surface area contributed by atoms with Crippen molar-refractivity contribution in [3.05, 3.63) is 42.8 Å². The van der Waals surface area contributed by atoms with E-state index in [1.807, 2.05) is 0 Å². The van der Waals surface area contributed by atoms with Gasteiger partial charge in [0.1, 0.15) is 0 Å². The molecule has 0 bridgehead atoms. The standard InChI is InChI=1S/C9H11N.C/c1-2-4-9-7-10-6-5-8(9)3-1;/h1-4,10H,5-7H2;. The van der Waals surface area contributed by atoms with E-state index in [0.717, 1.165) is 13.1 Å². The van der Waals surface area contributed by atoms with Crippen LogP contribution in [-0.4, -0.2) is 6.54 Å². The Morgan fingerprint density at radius 2 is 1.82 bits per heavy atom. The minimum atomic E-state index is 0. The van der Waals surface area contributed by atoms with E-state index in [1.54, 1.807) is 0 Å². The molecule has 1 heterocycles. The first kappa shape index (κ1) is 8.28. The van der Waals surface area contributed by atoms with Crippen LogP contribution in [0.4, 0.5) is 0 Å². The quantitative estimate of drug-likeness (QED) is 0.582. The predicted octanol–water partition coefficient (Wildman–Crippen LogP) is 1.41. The molecule has 56 valence electrons. The maximum Gasteiger partial charge on any atom is 0.0208 e. The molecule has 1 aliphatic heterocycles. The monoisotopic (exact) mass is 145 g/mol. The first-order chi connectivity index (χ1) is 4.97. The zero-order valence-corrected chi connectivity index (χ0v) is 6.43. The lowest BCUT2D eigenvalue weighted by molar-refractivity contribution is 0.644. The van der Waals surface area contributed by atoms with Crippen LogP contribution in [-0.2, 0) is 13.0 Å². The summed E-state index contributed by atoms with van der Waals surface area (Å²) in [7, 11) is 0. The number of benzene rings is 1. The lowest BCUT2D eigenvalue weighted by Crippen LogP contribution is -2.23. The molecular formula is C10H11N. The summed E-state index contributed by atoms with van der Waals surface area (Å²) in [5.74, 6) is 0. The summed E-state index contributed by atoms with van der Waals surface area (Å²) in [5, 5.41) is 3.34. The lowest BCUT2D eigenvalue weighted by Gasteiger charge is -2.15. The van der Waals surface area contributed by atoms with Crippen molar-refractivity contribution in [1.29, 1.82) is 0 Å². The molecule has 0 aliphatic carbocycles. The first-order valence-corrected chi connectivity index (χ1v) is 3.74. The summed E-state index contributed by atoms with van der Waals surface area (Å²) in [4.78, 5) is 0. The van der Waals surface area contributed by atoms with Gasteiger partial charge in [-0.15, -0.1) is 0 Å². The van der Waals surface area contributed by atoms with E-state index in [-0.39, 0.29) is 7.43 Å². The summed E-state index contributed by atoms with van der Waals surface area (Å²) < 4.78 is 0. The lowest BCUT2D eigenvalue weighted by atomic mass is 10.0. The molecule has 2 rings (SSSR count). The largest absolute Gasteiger partial charge is 0.312 e. The van der Waals surface area contributed by atoms with Crippen molar-refractivity contribution in [2.45, 2.75) is 13.0 Å². The maximum absolute atomic E-state index is 3.34. The Morgan fingerprint density at radius 1 is 1.09 bits per heavy atom. The van der Waals surface area contributed by atoms with Crippen molar-refractivity contribution >= 4 is 0 Å². The Bertz CT molecular complexity index is 205. The Morgan fingerprint density at radius 3 is 2.55 bits per heavy atom. The fraction of sp³-hybridized carbons (Fsp3) is 0.300. The van der Waals surface area contributed by atoms with Gasteiger partial charge >= 0.3 is 0 Å². The van der Waals surface area contributed by atoms with E-state index in [9.17, 15) is 0 Å². The van der Waals surface area contributed by atoms with Crippen molar-refractivity contribution in [2.24, 2.45) is 0 Å². The number of fused-ring (bicyclic) bond motifs is 1. The second kappa shape index (κ2) is 3.54. The summed E-state index contributed by atoms with van der Waals surface area (Å²) in [6, 6.07) is 8.63. The van der Waals surface area contributed by atoms with E-state index in [4.69, 9.17) is 0 Å². The molecule has 4 radical (unpaired) electrons. The van der Waals surface area contributed by atoms with E-state index >= 15 is 0 Å². The van der Waals surface area contributed by atoms with E-state index in [1.165, 1.54) is 17.5 Å². The molecule has 0 saturated heterocycles. The van der Waals surface area contributed by atoms with Gasteiger partial charge in [0.2, 0.25) is 0 Å². The average Bonchev–Trinajstić information content (AvgIpc) is 2.05. The van der Waals surface area contributed by atoms with E-state index in [2.05, 4.69) is 29.6 Å². The van der Waals surface area contributed by atoms with Crippen LogP contribution in [0.1, 0.15) is 11.1 Å². The second-order valence-corrected chi connectivity index (χ2v) is 2.70. The van der Waals surface area contributed by atoms with Crippen LogP contribution in [0.15, 0.2) is 24.3 Å². The van der Waals surface area contributed by atoms with Crippen LogP contribution >= 0.6 is 0 Å². The van der Waals surface area contributed by atoms with Gasteiger partial charge in [-0.3, -0.25) is 0 Å². The third-order valence-electron chi connectivity index (χ3n) is 2.00. The summed E-state index contributed by atoms with van der Waals surface area (Å²) in [6.45, 7) is 2.19. The summed E-state index contributed by atoms with van der Waals surface area (Å²) >= 11 is 0. The molecule has 1 aromatic rings. The Hall–Kier alpha value is -0.820. The third-order valence-corrected chi connectivity index (χ3v) is 2.00. The highest BCUT2D eigenvalue weighted by Gasteiger charge is 2.05. The highest BCUT2D eigenvalue weighted by Crippen LogP contribution is 2.11. The van der Waals surface area contributed by atoms with Crippen molar-refractivity contribution in [2.75, 3.05) is 6.54 Å². The molecule has 0 fully saturated rings. The summed E-state index contributed by atoms with van der Waals surface area (Å²) in [6.07, 6.45) is 1.19. The summed E-state index contributed by atoms with van der Waals surface area (Å²) in [5.41, 5.74) is 2.98. The number of rotatable bonds is 0. The van der Waals surface area contributed by atoms with Crippen LogP contribution in [0.3, 0.4) is 0 Å². The van der Waals surface area contributed by atoms with Crippen LogP contribution in [0.5, 0.6) is 0 Å². The Balaban J connectivity index is 0.000000605. The average molecular weight is 145 g/mol. The number of nitrogens with one attached hydrogen (secondary N) is 1. The smallest absolute Gasteiger partial charge is 0.0208 e. The third kappa shape index (κ3) is 1.60. The predicted molar refractivity (Wildman–Crippen MR) is 45.1 cm³/mol. The molecule has 0 amide bonds. The molecule has 0 spiro atoms. The van der Waals surface area contributed by atoms with Gasteiger partial charge in [0.05, 0.1) is 0 Å². The van der Waals surface area contributed by atoms with Gasteiger partial charge in [-0.2, -0.15) is 0 Å². The molecule has 0 unspecified atom stereocenters. The molecule has 0 saturated carbocycles. The van der Waals surface area contributed by atoms with Gasteiger partial charge in [0.15, 0.2) is 0 Å². The van der Waals surface area contributed by atoms with Gasteiger partial charge in [0, 0.05) is 14.0 Å². The zero-order chi connectivity index (χ0) is 6.81. The Labute approximate surface area is 68.4 Å². The molecule has 11 heavy (non-hydrogen) atoms. The van der Waals surface area contributed by atoms with Gasteiger partial charge in [-0.1, -0.05) is 24.3 Å². The molecular weight excluding hydrogens is 134 g/mol. The minimum Gasteiger partial charge on any atom is -0.312 e. The van der Waals surface area contributed by atoms with Crippen LogP contribution in [0.2, 0.25) is 0 Å². The van der Waals surface area contributed by atoms with Gasteiger partial charge in [-0.25, -0.2) is 0 Å². The fourth-order valence-electron chi connectivity index (χ4n) is 1.42. The minimum absolute atomic E-state index is 0.